The molecule has 0 saturated heterocycles. The third-order valence-electron chi connectivity index (χ3n) is 4.69. The van der Waals surface area contributed by atoms with Gasteiger partial charge in [-0.05, 0) is 23.1 Å². The van der Waals surface area contributed by atoms with Crippen LogP contribution in [0.5, 0.6) is 0 Å². The summed E-state index contributed by atoms with van der Waals surface area (Å²) in [6, 6.07) is 20.0. The van der Waals surface area contributed by atoms with Crippen molar-refractivity contribution in [3.05, 3.63) is 90.0 Å². The van der Waals surface area contributed by atoms with Crippen molar-refractivity contribution >= 4 is 0 Å². The van der Waals surface area contributed by atoms with Crippen LogP contribution in [0.1, 0.15) is 22.7 Å². The molecule has 0 bridgehead atoms. The van der Waals surface area contributed by atoms with E-state index in [0.29, 0.717) is 6.04 Å². The minimum atomic E-state index is 0.398. The van der Waals surface area contributed by atoms with E-state index >= 15 is 0 Å². The van der Waals surface area contributed by atoms with Crippen molar-refractivity contribution in [2.24, 2.45) is 0 Å². The summed E-state index contributed by atoms with van der Waals surface area (Å²) in [6.07, 6.45) is 6.95. The van der Waals surface area contributed by atoms with Crippen LogP contribution < -0.4 is 0 Å². The highest BCUT2D eigenvalue weighted by atomic mass is 15.2. The summed E-state index contributed by atoms with van der Waals surface area (Å²) in [5.74, 6) is 0. The zero-order valence-corrected chi connectivity index (χ0v) is 13.2. The first kappa shape index (κ1) is 14.2. The summed E-state index contributed by atoms with van der Waals surface area (Å²) in [6.45, 7) is 3.05. The molecule has 23 heavy (non-hydrogen) atoms. The van der Waals surface area contributed by atoms with Crippen molar-refractivity contribution < 1.29 is 0 Å². The van der Waals surface area contributed by atoms with Crippen LogP contribution in [0.25, 0.3) is 0 Å². The van der Waals surface area contributed by atoms with Gasteiger partial charge in [0.15, 0.2) is 0 Å². The average Bonchev–Trinajstić information content (AvgIpc) is 3.11. The minimum Gasteiger partial charge on any atom is -0.336 e. The van der Waals surface area contributed by atoms with Gasteiger partial charge in [0.2, 0.25) is 0 Å². The second kappa shape index (κ2) is 6.39. The predicted molar refractivity (Wildman–Crippen MR) is 92.0 cm³/mol. The second-order valence-corrected chi connectivity index (χ2v) is 6.18. The maximum Gasteiger partial charge on any atom is 0.0946 e. The summed E-state index contributed by atoms with van der Waals surface area (Å²) in [7, 11) is 0. The van der Waals surface area contributed by atoms with Crippen LogP contribution in [0.4, 0.5) is 0 Å². The topological polar surface area (TPSA) is 21.1 Å². The summed E-state index contributed by atoms with van der Waals surface area (Å²) < 4.78 is 2.19. The quantitative estimate of drug-likeness (QED) is 0.733. The van der Waals surface area contributed by atoms with E-state index in [1.165, 1.54) is 16.7 Å². The van der Waals surface area contributed by atoms with Gasteiger partial charge in [0.05, 0.1) is 12.4 Å². The molecule has 0 amide bonds. The van der Waals surface area contributed by atoms with E-state index in [4.69, 9.17) is 0 Å². The molecule has 1 aliphatic heterocycles. The molecule has 1 aromatic heterocycles. The molecule has 2 heterocycles. The standard InChI is InChI=1S/C20H21N3/c1-2-6-17(7-3-1)14-23-12-10-18-8-4-5-9-19(18)20(23)15-22-13-11-21-16-22/h1-9,11,13,16,20H,10,12,14-15H2. The molecule has 0 aliphatic carbocycles. The van der Waals surface area contributed by atoms with Crippen molar-refractivity contribution in [2.75, 3.05) is 6.54 Å². The normalized spacial score (nSPS) is 17.8. The van der Waals surface area contributed by atoms with Crippen LogP contribution in [-0.2, 0) is 19.5 Å². The minimum absolute atomic E-state index is 0.398. The number of fused-ring (bicyclic) bond motifs is 1. The number of rotatable bonds is 4. The van der Waals surface area contributed by atoms with Crippen LogP contribution in [0.15, 0.2) is 73.3 Å². The molecule has 0 spiro atoms. The Morgan fingerprint density at radius 3 is 2.65 bits per heavy atom. The van der Waals surface area contributed by atoms with Gasteiger partial charge in [-0.2, -0.15) is 0 Å². The Kier molecular flexibility index (Phi) is 3.95. The van der Waals surface area contributed by atoms with E-state index in [-0.39, 0.29) is 0 Å². The highest BCUT2D eigenvalue weighted by molar-refractivity contribution is 5.33. The highest BCUT2D eigenvalue weighted by Crippen LogP contribution is 2.32. The van der Waals surface area contributed by atoms with Gasteiger partial charge in [-0.3, -0.25) is 4.90 Å². The van der Waals surface area contributed by atoms with E-state index < -0.39 is 0 Å². The third-order valence-corrected chi connectivity index (χ3v) is 4.69. The Bertz CT molecular complexity index is 750. The van der Waals surface area contributed by atoms with Crippen LogP contribution in [-0.4, -0.2) is 21.0 Å². The van der Waals surface area contributed by atoms with Crippen molar-refractivity contribution in [3.8, 4) is 0 Å². The fraction of sp³-hybridized carbons (Fsp3) is 0.250. The fourth-order valence-electron chi connectivity index (χ4n) is 3.52. The molecule has 3 nitrogen and oxygen atoms in total. The third kappa shape index (κ3) is 3.06. The smallest absolute Gasteiger partial charge is 0.0946 e. The summed E-state index contributed by atoms with van der Waals surface area (Å²) in [5, 5.41) is 0. The van der Waals surface area contributed by atoms with Gasteiger partial charge >= 0.3 is 0 Å². The first-order valence-electron chi connectivity index (χ1n) is 8.22. The van der Waals surface area contributed by atoms with Crippen molar-refractivity contribution in [2.45, 2.75) is 25.6 Å². The number of nitrogens with zero attached hydrogens (tertiary/aromatic N) is 3. The Morgan fingerprint density at radius 1 is 1.00 bits per heavy atom. The van der Waals surface area contributed by atoms with Gasteiger partial charge in [0, 0.05) is 32.0 Å². The largest absolute Gasteiger partial charge is 0.336 e. The Balaban J connectivity index is 1.64. The van der Waals surface area contributed by atoms with E-state index in [2.05, 4.69) is 75.2 Å². The lowest BCUT2D eigenvalue weighted by Gasteiger charge is -2.37. The summed E-state index contributed by atoms with van der Waals surface area (Å²) in [5.41, 5.74) is 4.33. The zero-order valence-electron chi connectivity index (χ0n) is 13.2. The molecule has 0 radical (unpaired) electrons. The fourth-order valence-corrected chi connectivity index (χ4v) is 3.52. The number of benzene rings is 2. The maximum absolute atomic E-state index is 4.20. The van der Waals surface area contributed by atoms with Gasteiger partial charge in [-0.15, -0.1) is 0 Å². The molecule has 116 valence electrons. The maximum atomic E-state index is 4.20. The monoisotopic (exact) mass is 303 g/mol. The molecule has 0 saturated carbocycles. The van der Waals surface area contributed by atoms with Crippen LogP contribution in [0, 0.1) is 0 Å². The van der Waals surface area contributed by atoms with Crippen LogP contribution >= 0.6 is 0 Å². The van der Waals surface area contributed by atoms with Gasteiger partial charge in [-0.1, -0.05) is 54.6 Å². The number of hydrogen-bond donors (Lipinski definition) is 0. The summed E-state index contributed by atoms with van der Waals surface area (Å²) >= 11 is 0. The predicted octanol–water partition coefficient (Wildman–Crippen LogP) is 3.68. The highest BCUT2D eigenvalue weighted by Gasteiger charge is 2.27. The van der Waals surface area contributed by atoms with Crippen molar-refractivity contribution in [1.82, 2.24) is 14.5 Å². The Morgan fingerprint density at radius 2 is 1.83 bits per heavy atom. The number of aromatic nitrogens is 2. The molecule has 0 fully saturated rings. The van der Waals surface area contributed by atoms with Gasteiger partial charge in [-0.25, -0.2) is 4.98 Å². The van der Waals surface area contributed by atoms with Gasteiger partial charge in [0.25, 0.3) is 0 Å². The second-order valence-electron chi connectivity index (χ2n) is 6.18. The molecule has 4 rings (SSSR count). The number of hydrogen-bond acceptors (Lipinski definition) is 2. The SMILES string of the molecule is c1ccc(CN2CCc3ccccc3C2Cn2ccnc2)cc1. The van der Waals surface area contributed by atoms with Crippen LogP contribution in [0.2, 0.25) is 0 Å². The lowest BCUT2D eigenvalue weighted by atomic mass is 9.92. The lowest BCUT2D eigenvalue weighted by molar-refractivity contribution is 0.158. The van der Waals surface area contributed by atoms with Gasteiger partial charge in [0.1, 0.15) is 0 Å². The molecule has 3 heteroatoms. The Labute approximate surface area is 137 Å². The first-order valence-corrected chi connectivity index (χ1v) is 8.22. The van der Waals surface area contributed by atoms with E-state index in [1.54, 1.807) is 0 Å². The molecule has 0 N–H and O–H groups in total. The van der Waals surface area contributed by atoms with Crippen molar-refractivity contribution in [1.29, 1.82) is 0 Å². The van der Waals surface area contributed by atoms with Crippen molar-refractivity contribution in [3.63, 3.8) is 0 Å². The average molecular weight is 303 g/mol. The molecule has 1 unspecified atom stereocenters. The molecule has 1 atom stereocenters. The van der Waals surface area contributed by atoms with E-state index in [1.807, 2.05) is 12.5 Å². The van der Waals surface area contributed by atoms with E-state index in [0.717, 1.165) is 26.1 Å². The first-order chi connectivity index (χ1) is 11.4. The molecular formula is C20H21N3. The zero-order chi connectivity index (χ0) is 15.5. The van der Waals surface area contributed by atoms with Gasteiger partial charge < -0.3 is 4.57 Å². The molecule has 2 aromatic carbocycles. The van der Waals surface area contributed by atoms with Crippen LogP contribution in [0.3, 0.4) is 0 Å². The lowest BCUT2D eigenvalue weighted by Crippen LogP contribution is -2.37. The summed E-state index contributed by atoms with van der Waals surface area (Å²) in [4.78, 5) is 6.79. The Hall–Kier alpha value is -2.39. The molecular weight excluding hydrogens is 282 g/mol. The molecule has 3 aromatic rings. The number of imidazole rings is 1. The van der Waals surface area contributed by atoms with E-state index in [9.17, 15) is 0 Å². The molecule has 1 aliphatic rings.